The van der Waals surface area contributed by atoms with Crippen molar-refractivity contribution in [2.24, 2.45) is 5.73 Å². The van der Waals surface area contributed by atoms with Gasteiger partial charge >= 0.3 is 0 Å². The molecule has 194 valence electrons. The molecule has 1 aromatic carbocycles. The van der Waals surface area contributed by atoms with Gasteiger partial charge in [-0.25, -0.2) is 13.4 Å². The van der Waals surface area contributed by atoms with E-state index in [1.54, 1.807) is 16.4 Å². The molecule has 0 radical (unpaired) electrons. The van der Waals surface area contributed by atoms with Gasteiger partial charge in [-0.1, -0.05) is 31.9 Å². The van der Waals surface area contributed by atoms with Gasteiger partial charge in [0.2, 0.25) is 16.0 Å². The summed E-state index contributed by atoms with van der Waals surface area (Å²) in [5, 5.41) is 4.34. The first-order valence-electron chi connectivity index (χ1n) is 13.4. The molecule has 9 heteroatoms. The van der Waals surface area contributed by atoms with E-state index in [4.69, 9.17) is 10.7 Å². The van der Waals surface area contributed by atoms with Crippen molar-refractivity contribution < 1.29 is 8.42 Å². The number of benzene rings is 1. The number of sulfonamides is 1. The molecule has 1 saturated heterocycles. The van der Waals surface area contributed by atoms with Crippen molar-refractivity contribution in [1.29, 1.82) is 0 Å². The number of piperidine rings is 1. The standard InChI is InChI=1S/C27H38N6O2S/c1-2-3-15-29-27-30-18-24-25(19-33(26(24)31-27)22-11-9-21(28)10-12-22)20-7-13-23(14-8-20)36(34,35)32-16-5-4-6-17-32/h7-8,13-14,18-19,21-22H,2-6,9-12,15-17,28H2,1H3,(H,29,30,31). The van der Waals surface area contributed by atoms with Crippen LogP contribution in [-0.2, 0) is 10.0 Å². The van der Waals surface area contributed by atoms with Gasteiger partial charge in [-0.05, 0) is 62.6 Å². The number of anilines is 1. The molecule has 1 saturated carbocycles. The number of rotatable bonds is 8. The van der Waals surface area contributed by atoms with Crippen LogP contribution in [0.3, 0.4) is 0 Å². The Morgan fingerprint density at radius 3 is 2.47 bits per heavy atom. The van der Waals surface area contributed by atoms with Crippen molar-refractivity contribution in [2.45, 2.75) is 81.7 Å². The Bertz CT molecular complexity index is 1270. The maximum Gasteiger partial charge on any atom is 0.243 e. The molecule has 2 aliphatic rings. The fraction of sp³-hybridized carbons (Fsp3) is 0.556. The van der Waals surface area contributed by atoms with E-state index in [0.717, 1.165) is 86.5 Å². The molecule has 2 fully saturated rings. The Morgan fingerprint density at radius 2 is 1.78 bits per heavy atom. The minimum absolute atomic E-state index is 0.276. The average molecular weight is 511 g/mol. The van der Waals surface area contributed by atoms with Crippen LogP contribution in [0.15, 0.2) is 41.6 Å². The Balaban J connectivity index is 1.49. The number of hydrogen-bond donors (Lipinski definition) is 2. The highest BCUT2D eigenvalue weighted by atomic mass is 32.2. The average Bonchev–Trinajstić information content (AvgIpc) is 3.29. The third-order valence-corrected chi connectivity index (χ3v) is 9.55. The molecule has 0 atom stereocenters. The van der Waals surface area contributed by atoms with Crippen LogP contribution in [-0.4, -0.2) is 52.9 Å². The monoisotopic (exact) mass is 510 g/mol. The fourth-order valence-electron chi connectivity index (χ4n) is 5.44. The van der Waals surface area contributed by atoms with Gasteiger partial charge < -0.3 is 15.6 Å². The van der Waals surface area contributed by atoms with Crippen molar-refractivity contribution in [3.05, 3.63) is 36.7 Å². The van der Waals surface area contributed by atoms with Crippen molar-refractivity contribution in [3.8, 4) is 11.1 Å². The molecule has 3 heterocycles. The van der Waals surface area contributed by atoms with Crippen LogP contribution in [0.5, 0.6) is 0 Å². The van der Waals surface area contributed by atoms with E-state index in [0.29, 0.717) is 30.0 Å². The molecule has 2 aromatic heterocycles. The molecule has 0 bridgehead atoms. The Morgan fingerprint density at radius 1 is 1.06 bits per heavy atom. The van der Waals surface area contributed by atoms with Gasteiger partial charge in [0.05, 0.1) is 4.90 Å². The zero-order valence-electron chi connectivity index (χ0n) is 21.2. The van der Waals surface area contributed by atoms with Crippen molar-refractivity contribution in [1.82, 2.24) is 18.8 Å². The first-order chi connectivity index (χ1) is 17.5. The van der Waals surface area contributed by atoms with Crippen LogP contribution >= 0.6 is 0 Å². The topological polar surface area (TPSA) is 106 Å². The maximum absolute atomic E-state index is 13.1. The summed E-state index contributed by atoms with van der Waals surface area (Å²) in [7, 11) is -3.45. The van der Waals surface area contributed by atoms with Crippen molar-refractivity contribution in [2.75, 3.05) is 25.0 Å². The normalized spacial score (nSPS) is 21.6. The lowest BCUT2D eigenvalue weighted by Crippen LogP contribution is -2.35. The number of nitrogens with one attached hydrogen (secondary N) is 1. The Hall–Kier alpha value is -2.49. The Kier molecular flexibility index (Phi) is 7.60. The van der Waals surface area contributed by atoms with Gasteiger partial charge in [0.15, 0.2) is 0 Å². The predicted molar refractivity (Wildman–Crippen MR) is 144 cm³/mol. The summed E-state index contributed by atoms with van der Waals surface area (Å²) >= 11 is 0. The summed E-state index contributed by atoms with van der Waals surface area (Å²) in [5.74, 6) is 0.650. The van der Waals surface area contributed by atoms with E-state index < -0.39 is 10.0 Å². The molecule has 1 aliphatic carbocycles. The molecular weight excluding hydrogens is 472 g/mol. The fourth-order valence-corrected chi connectivity index (χ4v) is 6.96. The summed E-state index contributed by atoms with van der Waals surface area (Å²) in [5.41, 5.74) is 9.10. The molecule has 5 rings (SSSR count). The molecule has 1 aliphatic heterocycles. The summed E-state index contributed by atoms with van der Waals surface area (Å²) in [6.07, 6.45) is 13.3. The molecule has 0 spiro atoms. The lowest BCUT2D eigenvalue weighted by atomic mass is 9.92. The number of unbranched alkanes of at least 4 members (excludes halogenated alkanes) is 1. The Labute approximate surface area is 214 Å². The molecule has 36 heavy (non-hydrogen) atoms. The van der Waals surface area contributed by atoms with Crippen LogP contribution in [0.2, 0.25) is 0 Å². The minimum Gasteiger partial charge on any atom is -0.354 e. The summed E-state index contributed by atoms with van der Waals surface area (Å²) in [6, 6.07) is 7.93. The van der Waals surface area contributed by atoms with E-state index in [9.17, 15) is 8.42 Å². The van der Waals surface area contributed by atoms with Gasteiger partial charge in [0.1, 0.15) is 5.65 Å². The van der Waals surface area contributed by atoms with E-state index in [1.165, 1.54) is 0 Å². The van der Waals surface area contributed by atoms with Crippen LogP contribution in [0.1, 0.15) is 70.8 Å². The molecule has 8 nitrogen and oxygen atoms in total. The molecule has 0 amide bonds. The second-order valence-electron chi connectivity index (χ2n) is 10.2. The first-order valence-corrected chi connectivity index (χ1v) is 14.9. The van der Waals surface area contributed by atoms with Gasteiger partial charge in [0.25, 0.3) is 0 Å². The largest absolute Gasteiger partial charge is 0.354 e. The third-order valence-electron chi connectivity index (χ3n) is 7.64. The minimum atomic E-state index is -3.45. The molecule has 0 unspecified atom stereocenters. The van der Waals surface area contributed by atoms with E-state index in [1.807, 2.05) is 18.3 Å². The van der Waals surface area contributed by atoms with Crippen LogP contribution in [0.25, 0.3) is 22.2 Å². The van der Waals surface area contributed by atoms with Crippen LogP contribution in [0, 0.1) is 0 Å². The lowest BCUT2D eigenvalue weighted by Gasteiger charge is -2.27. The smallest absolute Gasteiger partial charge is 0.243 e. The number of nitrogens with zero attached hydrogens (tertiary/aromatic N) is 4. The van der Waals surface area contributed by atoms with Crippen LogP contribution in [0.4, 0.5) is 5.95 Å². The first kappa shape index (κ1) is 25.2. The lowest BCUT2D eigenvalue weighted by molar-refractivity contribution is 0.329. The predicted octanol–water partition coefficient (Wildman–Crippen LogP) is 4.93. The summed E-state index contributed by atoms with van der Waals surface area (Å²) in [4.78, 5) is 9.87. The molecule has 3 aromatic rings. The van der Waals surface area contributed by atoms with Gasteiger partial charge in [-0.2, -0.15) is 9.29 Å². The number of hydrogen-bond acceptors (Lipinski definition) is 6. The number of aromatic nitrogens is 3. The van der Waals surface area contributed by atoms with Crippen LogP contribution < -0.4 is 11.1 Å². The summed E-state index contributed by atoms with van der Waals surface area (Å²) < 4.78 is 30.1. The highest BCUT2D eigenvalue weighted by molar-refractivity contribution is 7.89. The second kappa shape index (κ2) is 10.9. The van der Waals surface area contributed by atoms with E-state index in [-0.39, 0.29) is 6.04 Å². The van der Waals surface area contributed by atoms with Crippen molar-refractivity contribution >= 4 is 27.0 Å². The van der Waals surface area contributed by atoms with E-state index in [2.05, 4.69) is 28.0 Å². The molecular formula is C27H38N6O2S. The van der Waals surface area contributed by atoms with Gasteiger partial charge in [0, 0.05) is 55.1 Å². The zero-order valence-corrected chi connectivity index (χ0v) is 22.0. The summed E-state index contributed by atoms with van der Waals surface area (Å²) in [6.45, 7) is 4.23. The highest BCUT2D eigenvalue weighted by Crippen LogP contribution is 2.37. The van der Waals surface area contributed by atoms with Gasteiger partial charge in [-0.15, -0.1) is 0 Å². The SMILES string of the molecule is CCCCNc1ncc2c(-c3ccc(S(=O)(=O)N4CCCCC4)cc3)cn(C3CCC(N)CC3)c2n1. The number of fused-ring (bicyclic) bond motifs is 1. The highest BCUT2D eigenvalue weighted by Gasteiger charge is 2.27. The zero-order chi connectivity index (χ0) is 25.1. The van der Waals surface area contributed by atoms with Gasteiger partial charge in [-0.3, -0.25) is 0 Å². The quantitative estimate of drug-likeness (QED) is 0.416. The third kappa shape index (κ3) is 5.14. The second-order valence-corrected chi connectivity index (χ2v) is 12.2. The van der Waals surface area contributed by atoms with E-state index >= 15 is 0 Å². The van der Waals surface area contributed by atoms with Crippen molar-refractivity contribution in [3.63, 3.8) is 0 Å². The molecule has 3 N–H and O–H groups in total. The maximum atomic E-state index is 13.1. The number of nitrogens with two attached hydrogens (primary N) is 1.